The highest BCUT2D eigenvalue weighted by Gasteiger charge is 2.19. The molecule has 9 heteroatoms. The van der Waals surface area contributed by atoms with E-state index in [1.807, 2.05) is 42.5 Å². The van der Waals surface area contributed by atoms with Crippen molar-refractivity contribution in [2.24, 2.45) is 0 Å². The fourth-order valence-electron chi connectivity index (χ4n) is 3.47. The Morgan fingerprint density at radius 1 is 1.03 bits per heavy atom. The predicted octanol–water partition coefficient (Wildman–Crippen LogP) is 3.08. The molecule has 0 saturated carbocycles. The van der Waals surface area contributed by atoms with Crippen molar-refractivity contribution in [2.45, 2.75) is 45.4 Å². The number of aliphatic hydroxyl groups excluding tert-OH is 2. The molecule has 0 saturated heterocycles. The van der Waals surface area contributed by atoms with Crippen molar-refractivity contribution >= 4 is 17.5 Å². The number of anilines is 2. The Morgan fingerprint density at radius 3 is 2.45 bits per heavy atom. The Hall–Kier alpha value is -3.56. The highest BCUT2D eigenvalue weighted by molar-refractivity contribution is 5.59. The summed E-state index contributed by atoms with van der Waals surface area (Å²) < 4.78 is 1.68. The monoisotopic (exact) mass is 447 g/mol. The first-order valence-electron chi connectivity index (χ1n) is 11.0. The third-order valence-corrected chi connectivity index (χ3v) is 5.48. The molecule has 0 radical (unpaired) electrons. The summed E-state index contributed by atoms with van der Waals surface area (Å²) in [7, 11) is 0. The summed E-state index contributed by atoms with van der Waals surface area (Å²) in [5.41, 5.74) is 4.72. The first kappa shape index (κ1) is 22.6. The van der Waals surface area contributed by atoms with Crippen LogP contribution < -0.4 is 10.6 Å². The molecule has 2 atom stereocenters. The van der Waals surface area contributed by atoms with Gasteiger partial charge in [0.1, 0.15) is 0 Å². The average Bonchev–Trinajstić information content (AvgIpc) is 3.26. The van der Waals surface area contributed by atoms with Gasteiger partial charge in [-0.1, -0.05) is 44.2 Å². The summed E-state index contributed by atoms with van der Waals surface area (Å²) in [5.74, 6) is 1.06. The molecule has 4 rings (SSSR count). The summed E-state index contributed by atoms with van der Waals surface area (Å²) in [6.07, 6.45) is 2.81. The van der Waals surface area contributed by atoms with Crippen molar-refractivity contribution in [1.82, 2.24) is 24.6 Å². The Bertz CT molecular complexity index is 1190. The van der Waals surface area contributed by atoms with Crippen LogP contribution in [-0.2, 0) is 6.54 Å². The number of aliphatic hydroxyl groups is 2. The standard InChI is InChI=1S/C24H29N7O2/c1-15(2)19-13-27-31-22(19)29-23(28-21(14-32)16(3)33)30-24(31)26-12-17-7-9-18(10-8-17)20-6-4-5-11-25-20/h4-11,13,15-16,21,32-33H,12,14H2,1-3H3,(H2,26,28,29,30)/t16-,21-/m1/s1. The van der Waals surface area contributed by atoms with E-state index in [0.717, 1.165) is 22.4 Å². The number of hydrogen-bond donors (Lipinski definition) is 4. The van der Waals surface area contributed by atoms with Gasteiger partial charge in [-0.25, -0.2) is 0 Å². The fourth-order valence-corrected chi connectivity index (χ4v) is 3.47. The molecule has 0 bridgehead atoms. The van der Waals surface area contributed by atoms with Crippen LogP contribution in [0.5, 0.6) is 0 Å². The first-order valence-corrected chi connectivity index (χ1v) is 11.0. The lowest BCUT2D eigenvalue weighted by Gasteiger charge is -2.19. The zero-order valence-corrected chi connectivity index (χ0v) is 19.0. The van der Waals surface area contributed by atoms with Gasteiger partial charge in [0.05, 0.1) is 30.6 Å². The number of aromatic nitrogens is 5. The van der Waals surface area contributed by atoms with Crippen molar-refractivity contribution in [3.63, 3.8) is 0 Å². The molecule has 0 aliphatic carbocycles. The van der Waals surface area contributed by atoms with Gasteiger partial charge in [-0.05, 0) is 30.5 Å². The van der Waals surface area contributed by atoms with Crippen molar-refractivity contribution in [1.29, 1.82) is 0 Å². The molecule has 3 heterocycles. The zero-order valence-electron chi connectivity index (χ0n) is 19.0. The van der Waals surface area contributed by atoms with Crippen LogP contribution in [0.4, 0.5) is 11.9 Å². The molecule has 0 unspecified atom stereocenters. The van der Waals surface area contributed by atoms with Gasteiger partial charge < -0.3 is 20.8 Å². The lowest BCUT2D eigenvalue weighted by Crippen LogP contribution is -2.35. The average molecular weight is 448 g/mol. The highest BCUT2D eigenvalue weighted by atomic mass is 16.3. The third-order valence-electron chi connectivity index (χ3n) is 5.48. The molecule has 4 aromatic rings. The van der Waals surface area contributed by atoms with E-state index >= 15 is 0 Å². The van der Waals surface area contributed by atoms with Crippen molar-refractivity contribution in [3.8, 4) is 11.3 Å². The van der Waals surface area contributed by atoms with Gasteiger partial charge in [0, 0.05) is 23.9 Å². The molecule has 0 spiro atoms. The van der Waals surface area contributed by atoms with E-state index in [0.29, 0.717) is 24.1 Å². The van der Waals surface area contributed by atoms with Gasteiger partial charge in [0.25, 0.3) is 0 Å². The minimum atomic E-state index is -0.765. The second-order valence-corrected chi connectivity index (χ2v) is 8.30. The lowest BCUT2D eigenvalue weighted by atomic mass is 10.1. The molecule has 0 amide bonds. The smallest absolute Gasteiger partial charge is 0.229 e. The van der Waals surface area contributed by atoms with Crippen LogP contribution in [0.3, 0.4) is 0 Å². The van der Waals surface area contributed by atoms with Crippen molar-refractivity contribution < 1.29 is 10.2 Å². The van der Waals surface area contributed by atoms with E-state index in [4.69, 9.17) is 0 Å². The summed E-state index contributed by atoms with van der Waals surface area (Å²) >= 11 is 0. The highest BCUT2D eigenvalue weighted by Crippen LogP contribution is 2.23. The van der Waals surface area contributed by atoms with Gasteiger partial charge >= 0.3 is 0 Å². The fraction of sp³-hybridized carbons (Fsp3) is 0.333. The van der Waals surface area contributed by atoms with Gasteiger partial charge in [-0.15, -0.1) is 0 Å². The second kappa shape index (κ2) is 9.93. The molecule has 3 aromatic heterocycles. The molecule has 0 aliphatic rings. The van der Waals surface area contributed by atoms with E-state index in [1.165, 1.54) is 0 Å². The van der Waals surface area contributed by atoms with Gasteiger partial charge in [-0.3, -0.25) is 4.98 Å². The van der Waals surface area contributed by atoms with Crippen LogP contribution in [0.25, 0.3) is 16.9 Å². The van der Waals surface area contributed by atoms with Gasteiger partial charge in [0.2, 0.25) is 11.9 Å². The van der Waals surface area contributed by atoms with Crippen LogP contribution in [0, 0.1) is 0 Å². The number of rotatable bonds is 9. The van der Waals surface area contributed by atoms with Crippen molar-refractivity contribution in [2.75, 3.05) is 17.2 Å². The normalized spacial score (nSPS) is 13.3. The SMILES string of the molecule is CC(C)c1cnn2c(NCc3ccc(-c4ccccn4)cc3)nc(N[C@H](CO)[C@@H](C)O)nc12. The Labute approximate surface area is 192 Å². The minimum Gasteiger partial charge on any atom is -0.394 e. The Morgan fingerprint density at radius 2 is 1.82 bits per heavy atom. The molecule has 172 valence electrons. The van der Waals surface area contributed by atoms with Crippen LogP contribution in [-0.4, -0.2) is 53.5 Å². The number of hydrogen-bond acceptors (Lipinski definition) is 8. The predicted molar refractivity (Wildman–Crippen MR) is 128 cm³/mol. The van der Waals surface area contributed by atoms with Gasteiger partial charge in [0.15, 0.2) is 5.65 Å². The molecular formula is C24H29N7O2. The van der Waals surface area contributed by atoms with Crippen molar-refractivity contribution in [3.05, 3.63) is 66.0 Å². The summed E-state index contributed by atoms with van der Waals surface area (Å²) in [4.78, 5) is 13.5. The Balaban J connectivity index is 1.59. The maximum absolute atomic E-state index is 9.90. The third kappa shape index (κ3) is 5.10. The topological polar surface area (TPSA) is 120 Å². The summed E-state index contributed by atoms with van der Waals surface area (Å²) in [5, 5.41) is 30.3. The number of fused-ring (bicyclic) bond motifs is 1. The van der Waals surface area contributed by atoms with Crippen LogP contribution >= 0.6 is 0 Å². The first-order chi connectivity index (χ1) is 16.0. The van der Waals surface area contributed by atoms with E-state index < -0.39 is 12.1 Å². The Kier molecular flexibility index (Phi) is 6.81. The molecule has 33 heavy (non-hydrogen) atoms. The van der Waals surface area contributed by atoms with E-state index in [9.17, 15) is 10.2 Å². The molecule has 4 N–H and O–H groups in total. The molecule has 9 nitrogen and oxygen atoms in total. The van der Waals surface area contributed by atoms with Crippen LogP contribution in [0.15, 0.2) is 54.9 Å². The van der Waals surface area contributed by atoms with E-state index in [1.54, 1.807) is 23.8 Å². The number of pyridine rings is 1. The van der Waals surface area contributed by atoms with E-state index in [-0.39, 0.29) is 12.5 Å². The molecule has 0 fully saturated rings. The minimum absolute atomic E-state index is 0.225. The number of nitrogens with one attached hydrogen (secondary N) is 2. The summed E-state index contributed by atoms with van der Waals surface area (Å²) in [6, 6.07) is 13.5. The van der Waals surface area contributed by atoms with Gasteiger partial charge in [-0.2, -0.15) is 19.6 Å². The number of benzene rings is 1. The molecular weight excluding hydrogens is 418 g/mol. The van der Waals surface area contributed by atoms with E-state index in [2.05, 4.69) is 44.5 Å². The molecule has 1 aromatic carbocycles. The van der Waals surface area contributed by atoms with Crippen LogP contribution in [0.1, 0.15) is 37.8 Å². The maximum Gasteiger partial charge on any atom is 0.229 e. The summed E-state index contributed by atoms with van der Waals surface area (Å²) in [6.45, 7) is 6.06. The lowest BCUT2D eigenvalue weighted by molar-refractivity contribution is 0.132. The maximum atomic E-state index is 9.90. The second-order valence-electron chi connectivity index (χ2n) is 8.30. The van der Waals surface area contributed by atoms with Crippen LogP contribution in [0.2, 0.25) is 0 Å². The largest absolute Gasteiger partial charge is 0.394 e. The molecule has 0 aliphatic heterocycles. The number of nitrogens with zero attached hydrogens (tertiary/aromatic N) is 5. The zero-order chi connectivity index (χ0) is 23.4. The quantitative estimate of drug-likeness (QED) is 0.309.